The molecule has 6 N–H and O–H groups in total. The number of halogens is 2. The van der Waals surface area contributed by atoms with Crippen LogP contribution in [-0.2, 0) is 0 Å². The fourth-order valence-corrected chi connectivity index (χ4v) is 3.88. The van der Waals surface area contributed by atoms with Crippen molar-refractivity contribution >= 4 is 58.4 Å². The van der Waals surface area contributed by atoms with Crippen molar-refractivity contribution in [3.05, 3.63) is 58.6 Å². The predicted octanol–water partition coefficient (Wildman–Crippen LogP) is 3.60. The Kier molecular flexibility index (Phi) is 8.40. The molecular formula is C25H32Cl2N10. The molecule has 0 fully saturated rings. The molecule has 12 heteroatoms. The van der Waals surface area contributed by atoms with Crippen LogP contribution >= 0.6 is 23.2 Å². The first-order valence-corrected chi connectivity index (χ1v) is 12.8. The minimum absolute atomic E-state index is 0.00591. The third-order valence-corrected chi connectivity index (χ3v) is 6.64. The van der Waals surface area contributed by atoms with Crippen LogP contribution in [0, 0.1) is 0 Å². The molecule has 0 radical (unpaired) electrons. The van der Waals surface area contributed by atoms with Crippen molar-refractivity contribution in [3.8, 4) is 0 Å². The molecule has 4 atom stereocenters. The van der Waals surface area contributed by atoms with Crippen LogP contribution in [0.5, 0.6) is 0 Å². The summed E-state index contributed by atoms with van der Waals surface area (Å²) in [6.45, 7) is 8.32. The SMILES string of the molecule is CC1N=C(N)NC(N(CN=C2NC(Nc3ccc(Cl)cc3)=NC(C)C(C)N2)c2ccc(Cl)cc2)=NC1C. The summed E-state index contributed by atoms with van der Waals surface area (Å²) < 4.78 is 0. The van der Waals surface area contributed by atoms with E-state index in [2.05, 4.69) is 33.2 Å². The van der Waals surface area contributed by atoms with E-state index in [1.165, 1.54) is 0 Å². The first-order valence-electron chi connectivity index (χ1n) is 12.1. The number of hydrogen-bond acceptors (Lipinski definition) is 8. The molecule has 2 aromatic rings. The molecule has 196 valence electrons. The van der Waals surface area contributed by atoms with E-state index in [0.717, 1.165) is 11.4 Å². The molecule has 0 saturated heterocycles. The second-order valence-corrected chi connectivity index (χ2v) is 9.91. The number of anilines is 2. The van der Waals surface area contributed by atoms with Gasteiger partial charge in [0.1, 0.15) is 6.67 Å². The highest BCUT2D eigenvalue weighted by molar-refractivity contribution is 6.31. The van der Waals surface area contributed by atoms with Gasteiger partial charge in [0.2, 0.25) is 11.9 Å². The topological polar surface area (TPSA) is 127 Å². The standard InChI is InChI=1S/C25H32Cl2N10/c1-14-17(4)33-25(35-22(28)30-14)37(21-11-7-19(27)8-12-21)13-29-23-31-15(2)16(3)32-24(36-23)34-20-9-5-18(26)6-10-20/h5-12,14-17H,13H2,1-4H3,(H3,28,30,33,35)(H3,29,31,32,34,36). The lowest BCUT2D eigenvalue weighted by Gasteiger charge is -2.26. The smallest absolute Gasteiger partial charge is 0.207 e. The van der Waals surface area contributed by atoms with E-state index in [1.807, 2.05) is 74.2 Å². The van der Waals surface area contributed by atoms with E-state index >= 15 is 0 Å². The molecule has 2 aliphatic heterocycles. The highest BCUT2D eigenvalue weighted by atomic mass is 35.5. The molecule has 4 rings (SSSR count). The van der Waals surface area contributed by atoms with Gasteiger partial charge in [0.05, 0.1) is 18.1 Å². The number of hydrogen-bond donors (Lipinski definition) is 5. The van der Waals surface area contributed by atoms with Gasteiger partial charge in [-0.05, 0) is 76.2 Å². The Morgan fingerprint density at radius 3 is 2.16 bits per heavy atom. The van der Waals surface area contributed by atoms with Crippen molar-refractivity contribution in [2.45, 2.75) is 51.9 Å². The Morgan fingerprint density at radius 1 is 0.865 bits per heavy atom. The maximum Gasteiger partial charge on any atom is 0.207 e. The Labute approximate surface area is 227 Å². The molecule has 2 heterocycles. The maximum absolute atomic E-state index is 6.15. The highest BCUT2D eigenvalue weighted by Crippen LogP contribution is 2.20. The quantitative estimate of drug-likeness (QED) is 0.401. The summed E-state index contributed by atoms with van der Waals surface area (Å²) in [6, 6.07) is 14.8. The van der Waals surface area contributed by atoms with Gasteiger partial charge in [-0.15, -0.1) is 0 Å². The molecule has 2 aliphatic rings. The van der Waals surface area contributed by atoms with Gasteiger partial charge >= 0.3 is 0 Å². The van der Waals surface area contributed by atoms with Crippen molar-refractivity contribution in [1.82, 2.24) is 16.0 Å². The first kappa shape index (κ1) is 26.6. The molecule has 0 aliphatic carbocycles. The summed E-state index contributed by atoms with van der Waals surface area (Å²) in [4.78, 5) is 20.8. The Hall–Kier alpha value is -3.50. The lowest BCUT2D eigenvalue weighted by atomic mass is 10.2. The number of guanidine groups is 4. The molecule has 37 heavy (non-hydrogen) atoms. The van der Waals surface area contributed by atoms with Crippen molar-refractivity contribution in [3.63, 3.8) is 0 Å². The van der Waals surface area contributed by atoms with Crippen LogP contribution in [0.15, 0.2) is 68.5 Å². The largest absolute Gasteiger partial charge is 0.370 e. The minimum atomic E-state index is -0.0803. The molecule has 4 unspecified atom stereocenters. The number of aliphatic imine (C=N–C) groups is 4. The third-order valence-electron chi connectivity index (χ3n) is 6.14. The van der Waals surface area contributed by atoms with Crippen molar-refractivity contribution < 1.29 is 0 Å². The van der Waals surface area contributed by atoms with Crippen LogP contribution in [0.1, 0.15) is 27.7 Å². The summed E-state index contributed by atoms with van der Waals surface area (Å²) in [7, 11) is 0. The molecule has 2 aromatic carbocycles. The van der Waals surface area contributed by atoms with Gasteiger partial charge in [-0.3, -0.25) is 15.5 Å². The molecule has 0 saturated carbocycles. The van der Waals surface area contributed by atoms with Crippen LogP contribution in [-0.4, -0.2) is 54.7 Å². The highest BCUT2D eigenvalue weighted by Gasteiger charge is 2.23. The first-order chi connectivity index (χ1) is 17.7. The van der Waals surface area contributed by atoms with Gasteiger partial charge in [0, 0.05) is 27.5 Å². The van der Waals surface area contributed by atoms with E-state index in [9.17, 15) is 0 Å². The predicted molar refractivity (Wildman–Crippen MR) is 155 cm³/mol. The molecular weight excluding hydrogens is 511 g/mol. The lowest BCUT2D eigenvalue weighted by molar-refractivity contribution is 0.559. The normalized spacial score (nSPS) is 24.8. The fourth-order valence-electron chi connectivity index (χ4n) is 3.63. The van der Waals surface area contributed by atoms with E-state index in [0.29, 0.717) is 33.9 Å². The second kappa shape index (κ2) is 11.7. The van der Waals surface area contributed by atoms with E-state index in [-0.39, 0.29) is 30.8 Å². The van der Waals surface area contributed by atoms with E-state index < -0.39 is 0 Å². The summed E-state index contributed by atoms with van der Waals surface area (Å²) in [5.41, 5.74) is 7.83. The average molecular weight is 544 g/mol. The number of rotatable bonds is 4. The zero-order chi connectivity index (χ0) is 26.5. The Morgan fingerprint density at radius 2 is 1.49 bits per heavy atom. The number of benzene rings is 2. The van der Waals surface area contributed by atoms with Gasteiger partial charge < -0.3 is 16.4 Å². The summed E-state index contributed by atoms with van der Waals surface area (Å²) >= 11 is 12.2. The second-order valence-electron chi connectivity index (χ2n) is 9.03. The molecule has 10 nitrogen and oxygen atoms in total. The van der Waals surface area contributed by atoms with Gasteiger partial charge in [-0.2, -0.15) is 0 Å². The average Bonchev–Trinajstić information content (AvgIpc) is 3.06. The van der Waals surface area contributed by atoms with Crippen molar-refractivity contribution in [1.29, 1.82) is 0 Å². The summed E-state index contributed by atoms with van der Waals surface area (Å²) in [5, 5.41) is 14.4. The number of nitrogens with two attached hydrogens (primary N) is 1. The van der Waals surface area contributed by atoms with Crippen LogP contribution in [0.25, 0.3) is 0 Å². The zero-order valence-corrected chi connectivity index (χ0v) is 22.7. The molecule has 0 bridgehead atoms. The molecule has 0 amide bonds. The number of nitrogens with one attached hydrogen (secondary N) is 4. The van der Waals surface area contributed by atoms with Gasteiger partial charge in [0.15, 0.2) is 11.9 Å². The fraction of sp³-hybridized carbons (Fsp3) is 0.360. The van der Waals surface area contributed by atoms with Crippen LogP contribution < -0.4 is 31.9 Å². The lowest BCUT2D eigenvalue weighted by Crippen LogP contribution is -2.49. The number of nitrogens with zero attached hydrogens (tertiary/aromatic N) is 5. The molecule has 0 aromatic heterocycles. The van der Waals surface area contributed by atoms with Crippen molar-refractivity contribution in [2.75, 3.05) is 16.9 Å². The van der Waals surface area contributed by atoms with Crippen LogP contribution in [0.4, 0.5) is 11.4 Å². The van der Waals surface area contributed by atoms with Crippen molar-refractivity contribution in [2.24, 2.45) is 25.7 Å². The van der Waals surface area contributed by atoms with Gasteiger partial charge in [-0.25, -0.2) is 20.0 Å². The summed E-state index contributed by atoms with van der Waals surface area (Å²) in [6.07, 6.45) is 0. The maximum atomic E-state index is 6.15. The van der Waals surface area contributed by atoms with E-state index in [1.54, 1.807) is 0 Å². The monoisotopic (exact) mass is 542 g/mol. The van der Waals surface area contributed by atoms with Crippen LogP contribution in [0.3, 0.4) is 0 Å². The zero-order valence-electron chi connectivity index (χ0n) is 21.2. The van der Waals surface area contributed by atoms with Gasteiger partial charge in [0.25, 0.3) is 0 Å². The van der Waals surface area contributed by atoms with Gasteiger partial charge in [-0.1, -0.05) is 23.2 Å². The molecule has 0 spiro atoms. The Balaban J connectivity index is 1.62. The third kappa shape index (κ3) is 7.05. The Bertz CT molecular complexity index is 1210. The minimum Gasteiger partial charge on any atom is -0.370 e. The van der Waals surface area contributed by atoms with Crippen LogP contribution in [0.2, 0.25) is 10.0 Å². The summed E-state index contributed by atoms with van der Waals surface area (Å²) in [5.74, 6) is 1.99. The van der Waals surface area contributed by atoms with E-state index in [4.69, 9.17) is 43.9 Å².